The Morgan fingerprint density at radius 3 is 2.53 bits per heavy atom. The van der Waals surface area contributed by atoms with Crippen LogP contribution in [0.3, 0.4) is 0 Å². The molecule has 1 unspecified atom stereocenters. The maximum Gasteiger partial charge on any atom is 0.0883 e. The summed E-state index contributed by atoms with van der Waals surface area (Å²) in [5.41, 5.74) is 0.201. The number of rotatable bonds is 8. The molecule has 0 aliphatic carbocycles. The molecule has 0 saturated carbocycles. The Morgan fingerprint density at radius 1 is 1.18 bits per heavy atom. The van der Waals surface area contributed by atoms with Crippen molar-refractivity contribution in [2.24, 2.45) is 0 Å². The normalized spacial score (nSPS) is 14.5. The molecule has 0 saturated heterocycles. The average Bonchev–Trinajstić information content (AvgIpc) is 2.35. The van der Waals surface area contributed by atoms with Gasteiger partial charge in [0.05, 0.1) is 5.60 Å². The second-order valence-electron chi connectivity index (χ2n) is 5.03. The Labute approximate surface area is 105 Å². The van der Waals surface area contributed by atoms with Crippen LogP contribution in [-0.2, 0) is 5.60 Å². The molecule has 0 amide bonds. The molecule has 0 aliphatic rings. The van der Waals surface area contributed by atoms with Gasteiger partial charge in [0.1, 0.15) is 0 Å². The molecule has 1 aromatic heterocycles. The third-order valence-electron chi connectivity index (χ3n) is 3.30. The van der Waals surface area contributed by atoms with E-state index in [1.807, 2.05) is 19.1 Å². The highest BCUT2D eigenvalue weighted by Gasteiger charge is 2.22. The number of aliphatic hydroxyl groups is 1. The number of hydrogen-bond acceptors (Lipinski definition) is 2. The van der Waals surface area contributed by atoms with Gasteiger partial charge in [0.15, 0.2) is 0 Å². The van der Waals surface area contributed by atoms with E-state index in [4.69, 9.17) is 0 Å². The van der Waals surface area contributed by atoms with E-state index in [9.17, 15) is 5.11 Å². The van der Waals surface area contributed by atoms with Crippen molar-refractivity contribution in [3.63, 3.8) is 0 Å². The summed E-state index contributed by atoms with van der Waals surface area (Å²) in [7, 11) is 0. The topological polar surface area (TPSA) is 33.1 Å². The van der Waals surface area contributed by atoms with Gasteiger partial charge in [-0.3, -0.25) is 4.98 Å². The predicted molar refractivity (Wildman–Crippen MR) is 71.8 cm³/mol. The minimum absolute atomic E-state index is 0.723. The van der Waals surface area contributed by atoms with Crippen LogP contribution in [0.25, 0.3) is 0 Å². The summed E-state index contributed by atoms with van der Waals surface area (Å²) in [5, 5.41) is 10.3. The standard InChI is InChI=1S/C15H25NO/c1-3-4-5-6-7-8-11-15(2,17)14-10-9-12-16-13-14/h9-10,12-13,17H,3-8,11H2,1-2H3. The van der Waals surface area contributed by atoms with E-state index in [-0.39, 0.29) is 0 Å². The molecule has 2 nitrogen and oxygen atoms in total. The molecule has 2 heteroatoms. The largest absolute Gasteiger partial charge is 0.385 e. The smallest absolute Gasteiger partial charge is 0.0883 e. The van der Waals surface area contributed by atoms with Crippen molar-refractivity contribution < 1.29 is 5.11 Å². The maximum atomic E-state index is 10.3. The van der Waals surface area contributed by atoms with E-state index >= 15 is 0 Å². The van der Waals surface area contributed by atoms with Crippen molar-refractivity contribution in [2.75, 3.05) is 0 Å². The molecule has 0 radical (unpaired) electrons. The minimum Gasteiger partial charge on any atom is -0.385 e. The zero-order valence-corrected chi connectivity index (χ0v) is 11.2. The van der Waals surface area contributed by atoms with Crippen molar-refractivity contribution in [1.82, 2.24) is 4.98 Å². The maximum absolute atomic E-state index is 10.3. The number of aromatic nitrogens is 1. The lowest BCUT2D eigenvalue weighted by Crippen LogP contribution is -2.21. The Hall–Kier alpha value is -0.890. The van der Waals surface area contributed by atoms with Crippen LogP contribution >= 0.6 is 0 Å². The molecule has 0 bridgehead atoms. The van der Waals surface area contributed by atoms with Crippen LogP contribution in [0.1, 0.15) is 64.4 Å². The van der Waals surface area contributed by atoms with Gasteiger partial charge < -0.3 is 5.11 Å². The van der Waals surface area contributed by atoms with Crippen molar-refractivity contribution in [3.8, 4) is 0 Å². The zero-order chi connectivity index (χ0) is 12.6. The highest BCUT2D eigenvalue weighted by Crippen LogP contribution is 2.26. The molecule has 1 rings (SSSR count). The molecule has 0 spiro atoms. The van der Waals surface area contributed by atoms with Gasteiger partial charge in [-0.05, 0) is 19.4 Å². The lowest BCUT2D eigenvalue weighted by atomic mass is 9.91. The van der Waals surface area contributed by atoms with E-state index in [1.165, 1.54) is 32.1 Å². The summed E-state index contributed by atoms with van der Waals surface area (Å²) in [6, 6.07) is 3.83. The molecule has 0 aromatic carbocycles. The fourth-order valence-electron chi connectivity index (χ4n) is 2.08. The summed E-state index contributed by atoms with van der Waals surface area (Å²) in [4.78, 5) is 4.06. The summed E-state index contributed by atoms with van der Waals surface area (Å²) < 4.78 is 0. The third kappa shape index (κ3) is 5.31. The van der Waals surface area contributed by atoms with E-state index < -0.39 is 5.60 Å². The first-order valence-electron chi connectivity index (χ1n) is 6.79. The van der Waals surface area contributed by atoms with Gasteiger partial charge in [-0.15, -0.1) is 0 Å². The van der Waals surface area contributed by atoms with Crippen molar-refractivity contribution in [1.29, 1.82) is 0 Å². The van der Waals surface area contributed by atoms with Crippen molar-refractivity contribution >= 4 is 0 Å². The summed E-state index contributed by atoms with van der Waals surface area (Å²) >= 11 is 0. The molecule has 17 heavy (non-hydrogen) atoms. The highest BCUT2D eigenvalue weighted by molar-refractivity contribution is 5.16. The monoisotopic (exact) mass is 235 g/mol. The molecule has 1 N–H and O–H groups in total. The van der Waals surface area contributed by atoms with E-state index in [2.05, 4.69) is 11.9 Å². The van der Waals surface area contributed by atoms with Gasteiger partial charge in [-0.1, -0.05) is 51.5 Å². The Morgan fingerprint density at radius 2 is 1.88 bits per heavy atom. The predicted octanol–water partition coefficient (Wildman–Crippen LogP) is 4.04. The summed E-state index contributed by atoms with van der Waals surface area (Å²) in [5.74, 6) is 0. The molecular formula is C15H25NO. The van der Waals surface area contributed by atoms with Gasteiger partial charge >= 0.3 is 0 Å². The molecule has 96 valence electrons. The summed E-state index contributed by atoms with van der Waals surface area (Å²) in [6.45, 7) is 4.11. The molecule has 1 aromatic rings. The van der Waals surface area contributed by atoms with E-state index in [0.29, 0.717) is 0 Å². The van der Waals surface area contributed by atoms with Crippen LogP contribution in [0.2, 0.25) is 0 Å². The lowest BCUT2D eigenvalue weighted by Gasteiger charge is -2.23. The molecule has 0 aliphatic heterocycles. The Kier molecular flexibility index (Phi) is 6.20. The van der Waals surface area contributed by atoms with Gasteiger partial charge in [-0.2, -0.15) is 0 Å². The molecule has 1 atom stereocenters. The number of unbranched alkanes of at least 4 members (excludes halogenated alkanes) is 5. The first-order valence-corrected chi connectivity index (χ1v) is 6.79. The highest BCUT2D eigenvalue weighted by atomic mass is 16.3. The van der Waals surface area contributed by atoms with E-state index in [1.54, 1.807) is 12.4 Å². The minimum atomic E-state index is -0.723. The Balaban J connectivity index is 2.26. The second-order valence-corrected chi connectivity index (χ2v) is 5.03. The molecule has 1 heterocycles. The van der Waals surface area contributed by atoms with Crippen molar-refractivity contribution in [3.05, 3.63) is 30.1 Å². The third-order valence-corrected chi connectivity index (χ3v) is 3.30. The lowest BCUT2D eigenvalue weighted by molar-refractivity contribution is 0.0445. The molecular weight excluding hydrogens is 210 g/mol. The number of nitrogens with zero attached hydrogens (tertiary/aromatic N) is 1. The van der Waals surface area contributed by atoms with Crippen LogP contribution in [0.5, 0.6) is 0 Å². The zero-order valence-electron chi connectivity index (χ0n) is 11.2. The fraction of sp³-hybridized carbons (Fsp3) is 0.667. The van der Waals surface area contributed by atoms with Gasteiger partial charge in [0, 0.05) is 18.0 Å². The number of hydrogen-bond donors (Lipinski definition) is 1. The first-order chi connectivity index (χ1) is 8.17. The van der Waals surface area contributed by atoms with Crippen LogP contribution in [0, 0.1) is 0 Å². The molecule has 0 fully saturated rings. The van der Waals surface area contributed by atoms with E-state index in [0.717, 1.165) is 18.4 Å². The SMILES string of the molecule is CCCCCCCCC(C)(O)c1cccnc1. The second kappa shape index (κ2) is 7.44. The van der Waals surface area contributed by atoms with Gasteiger partial charge in [-0.25, -0.2) is 0 Å². The van der Waals surface area contributed by atoms with Crippen molar-refractivity contribution in [2.45, 2.75) is 64.4 Å². The quantitative estimate of drug-likeness (QED) is 0.690. The van der Waals surface area contributed by atoms with Crippen LogP contribution in [0.4, 0.5) is 0 Å². The fourth-order valence-corrected chi connectivity index (χ4v) is 2.08. The van der Waals surface area contributed by atoms with Crippen LogP contribution < -0.4 is 0 Å². The van der Waals surface area contributed by atoms with Crippen LogP contribution in [-0.4, -0.2) is 10.1 Å². The number of pyridine rings is 1. The van der Waals surface area contributed by atoms with Crippen LogP contribution in [0.15, 0.2) is 24.5 Å². The Bertz CT molecular complexity index is 295. The average molecular weight is 235 g/mol. The van der Waals surface area contributed by atoms with Gasteiger partial charge in [0.25, 0.3) is 0 Å². The van der Waals surface area contributed by atoms with Gasteiger partial charge in [0.2, 0.25) is 0 Å². The summed E-state index contributed by atoms with van der Waals surface area (Å²) in [6.07, 6.45) is 11.9. The first kappa shape index (κ1) is 14.2.